The van der Waals surface area contributed by atoms with Gasteiger partial charge in [-0.2, -0.15) is 0 Å². The van der Waals surface area contributed by atoms with E-state index in [9.17, 15) is 9.18 Å². The largest absolute Gasteiger partial charge is 0.496 e. The average molecular weight is 290 g/mol. The molecule has 0 aliphatic rings. The minimum absolute atomic E-state index is 0.0868. The maximum Gasteiger partial charge on any atom is 0.147 e. The molecule has 0 N–H and O–H groups in total. The molecule has 0 amide bonds. The summed E-state index contributed by atoms with van der Waals surface area (Å²) in [6.07, 6.45) is 0.326. The number of methoxy groups -OCH3 is 1. The van der Waals surface area contributed by atoms with Crippen molar-refractivity contribution >= 4 is 17.5 Å². The second-order valence-electron chi connectivity index (χ2n) is 4.27. The molecule has 0 spiro atoms. The molecule has 2 rings (SSSR count). The van der Waals surface area contributed by atoms with Crippen molar-refractivity contribution in [2.75, 3.05) is 12.9 Å². The Hall–Kier alpha value is -1.81. The van der Waals surface area contributed by atoms with Gasteiger partial charge in [0, 0.05) is 16.9 Å². The normalized spacial score (nSPS) is 10.3. The molecule has 0 aliphatic heterocycles. The monoisotopic (exact) mass is 290 g/mol. The van der Waals surface area contributed by atoms with Crippen molar-refractivity contribution < 1.29 is 13.9 Å². The van der Waals surface area contributed by atoms with Crippen molar-refractivity contribution in [2.45, 2.75) is 11.3 Å². The number of ketones is 1. The average Bonchev–Trinajstić information content (AvgIpc) is 2.46. The zero-order chi connectivity index (χ0) is 14.4. The molecule has 2 aromatic carbocycles. The van der Waals surface area contributed by atoms with E-state index in [4.69, 9.17) is 4.74 Å². The first-order chi connectivity index (χ1) is 9.69. The molecule has 0 aromatic heterocycles. The number of ether oxygens (including phenoxy) is 1. The van der Waals surface area contributed by atoms with Crippen LogP contribution >= 0.6 is 11.8 Å². The van der Waals surface area contributed by atoms with Crippen LogP contribution in [0.3, 0.4) is 0 Å². The van der Waals surface area contributed by atoms with Gasteiger partial charge >= 0.3 is 0 Å². The van der Waals surface area contributed by atoms with Gasteiger partial charge in [-0.25, -0.2) is 4.39 Å². The molecule has 0 saturated carbocycles. The summed E-state index contributed by atoms with van der Waals surface area (Å²) in [6, 6.07) is 13.7. The van der Waals surface area contributed by atoms with Crippen LogP contribution in [0.15, 0.2) is 53.4 Å². The van der Waals surface area contributed by atoms with Crippen LogP contribution in [-0.4, -0.2) is 18.6 Å². The Kier molecular flexibility index (Phi) is 5.18. The number of halogens is 1. The maximum atomic E-state index is 13.0. The molecule has 4 heteroatoms. The van der Waals surface area contributed by atoms with E-state index >= 15 is 0 Å². The fraction of sp³-hybridized carbons (Fsp3) is 0.188. The highest BCUT2D eigenvalue weighted by atomic mass is 32.2. The first-order valence-electron chi connectivity index (χ1n) is 6.21. The quantitative estimate of drug-likeness (QED) is 0.758. The Labute approximate surface area is 122 Å². The Morgan fingerprint density at radius 1 is 1.20 bits per heavy atom. The van der Waals surface area contributed by atoms with Crippen molar-refractivity contribution in [3.8, 4) is 5.75 Å². The van der Waals surface area contributed by atoms with Crippen molar-refractivity contribution in [2.24, 2.45) is 0 Å². The lowest BCUT2D eigenvalue weighted by atomic mass is 10.1. The fourth-order valence-corrected chi connectivity index (χ4v) is 2.63. The van der Waals surface area contributed by atoms with Crippen molar-refractivity contribution in [3.63, 3.8) is 0 Å². The SMILES string of the molecule is COc1ccccc1CC(=O)CSc1cccc(F)c1. The van der Waals surface area contributed by atoms with Crippen molar-refractivity contribution in [3.05, 3.63) is 59.9 Å². The van der Waals surface area contributed by atoms with Crippen molar-refractivity contribution in [1.29, 1.82) is 0 Å². The lowest BCUT2D eigenvalue weighted by Gasteiger charge is -2.07. The molecular formula is C16H15FO2S. The Morgan fingerprint density at radius 3 is 2.75 bits per heavy atom. The number of hydrogen-bond acceptors (Lipinski definition) is 3. The predicted octanol–water partition coefficient (Wildman–Crippen LogP) is 3.74. The topological polar surface area (TPSA) is 26.3 Å². The van der Waals surface area contributed by atoms with Gasteiger partial charge in [-0.05, 0) is 24.3 Å². The standard InChI is InChI=1S/C16H15FO2S/c1-19-16-8-3-2-5-12(16)9-14(18)11-20-15-7-4-6-13(17)10-15/h2-8,10H,9,11H2,1H3. The number of para-hydroxylation sites is 1. The predicted molar refractivity (Wildman–Crippen MR) is 78.8 cm³/mol. The molecule has 0 atom stereocenters. The van der Waals surface area contributed by atoms with Gasteiger partial charge in [-0.15, -0.1) is 11.8 Å². The molecule has 104 valence electrons. The van der Waals surface area contributed by atoms with E-state index in [1.807, 2.05) is 24.3 Å². The number of benzene rings is 2. The third-order valence-corrected chi connectivity index (χ3v) is 3.83. The molecule has 0 radical (unpaired) electrons. The van der Waals surface area contributed by atoms with Crippen LogP contribution in [0.25, 0.3) is 0 Å². The van der Waals surface area contributed by atoms with Gasteiger partial charge in [0.2, 0.25) is 0 Å². The molecule has 0 saturated heterocycles. The van der Waals surface area contributed by atoms with Crippen molar-refractivity contribution in [1.82, 2.24) is 0 Å². The van der Waals surface area contributed by atoms with E-state index in [0.717, 1.165) is 16.2 Å². The molecule has 0 unspecified atom stereocenters. The van der Waals surface area contributed by atoms with E-state index in [0.29, 0.717) is 12.2 Å². The van der Waals surface area contributed by atoms with Gasteiger partial charge in [-0.1, -0.05) is 24.3 Å². The molecule has 2 aromatic rings. The minimum atomic E-state index is -0.285. The van der Waals surface area contributed by atoms with Crippen LogP contribution in [0.5, 0.6) is 5.75 Å². The summed E-state index contributed by atoms with van der Waals surface area (Å²) >= 11 is 1.35. The number of Topliss-reactive ketones (excluding diaryl/α,β-unsaturated/α-hetero) is 1. The molecule has 0 heterocycles. The maximum absolute atomic E-state index is 13.0. The van der Waals surface area contributed by atoms with E-state index in [1.165, 1.54) is 23.9 Å². The minimum Gasteiger partial charge on any atom is -0.496 e. The van der Waals surface area contributed by atoms with Gasteiger partial charge < -0.3 is 4.74 Å². The third kappa shape index (κ3) is 4.10. The Bertz CT molecular complexity index is 599. The molecule has 0 aliphatic carbocycles. The van der Waals surface area contributed by atoms with E-state index in [-0.39, 0.29) is 11.6 Å². The van der Waals surface area contributed by atoms with Crippen LogP contribution < -0.4 is 4.74 Å². The summed E-state index contributed by atoms with van der Waals surface area (Å²) in [6.45, 7) is 0. The number of rotatable bonds is 6. The lowest BCUT2D eigenvalue weighted by Crippen LogP contribution is -2.06. The summed E-state index contributed by atoms with van der Waals surface area (Å²) in [5.74, 6) is 0.842. The number of hydrogen-bond donors (Lipinski definition) is 0. The van der Waals surface area contributed by atoms with Crippen LogP contribution in [0, 0.1) is 5.82 Å². The molecule has 20 heavy (non-hydrogen) atoms. The van der Waals surface area contributed by atoms with Crippen LogP contribution in [-0.2, 0) is 11.2 Å². The second kappa shape index (κ2) is 7.10. The molecule has 0 bridgehead atoms. The van der Waals surface area contributed by atoms with Gasteiger partial charge in [-0.3, -0.25) is 4.79 Å². The first-order valence-corrected chi connectivity index (χ1v) is 7.19. The van der Waals surface area contributed by atoms with Crippen LogP contribution in [0.2, 0.25) is 0 Å². The highest BCUT2D eigenvalue weighted by molar-refractivity contribution is 8.00. The number of thioether (sulfide) groups is 1. The highest BCUT2D eigenvalue weighted by Gasteiger charge is 2.09. The van der Waals surface area contributed by atoms with Gasteiger partial charge in [0.15, 0.2) is 0 Å². The molecular weight excluding hydrogens is 275 g/mol. The van der Waals surface area contributed by atoms with Gasteiger partial charge in [0.1, 0.15) is 17.3 Å². The Balaban J connectivity index is 1.93. The summed E-state index contributed by atoms with van der Waals surface area (Å²) in [4.78, 5) is 12.7. The highest BCUT2D eigenvalue weighted by Crippen LogP contribution is 2.21. The van der Waals surface area contributed by atoms with Crippen LogP contribution in [0.1, 0.15) is 5.56 Å². The van der Waals surface area contributed by atoms with Gasteiger partial charge in [0.25, 0.3) is 0 Å². The third-order valence-electron chi connectivity index (χ3n) is 2.78. The number of carbonyl (C=O) groups excluding carboxylic acids is 1. The second-order valence-corrected chi connectivity index (χ2v) is 5.32. The number of carbonyl (C=O) groups is 1. The first kappa shape index (κ1) is 14.6. The van der Waals surface area contributed by atoms with E-state index in [2.05, 4.69) is 0 Å². The summed E-state index contributed by atoms with van der Waals surface area (Å²) < 4.78 is 18.2. The summed E-state index contributed by atoms with van der Waals surface area (Å²) in [7, 11) is 1.59. The molecule has 0 fully saturated rings. The Morgan fingerprint density at radius 2 is 2.00 bits per heavy atom. The lowest BCUT2D eigenvalue weighted by molar-refractivity contribution is -0.116. The van der Waals surface area contributed by atoms with E-state index < -0.39 is 0 Å². The van der Waals surface area contributed by atoms with Gasteiger partial charge in [0.05, 0.1) is 12.9 Å². The summed E-state index contributed by atoms with van der Waals surface area (Å²) in [5.41, 5.74) is 0.875. The van der Waals surface area contributed by atoms with E-state index in [1.54, 1.807) is 19.2 Å². The zero-order valence-corrected chi connectivity index (χ0v) is 12.0. The summed E-state index contributed by atoms with van der Waals surface area (Å²) in [5, 5.41) is 0. The zero-order valence-electron chi connectivity index (χ0n) is 11.1. The fourth-order valence-electron chi connectivity index (χ4n) is 1.83. The van der Waals surface area contributed by atoms with Crippen LogP contribution in [0.4, 0.5) is 4.39 Å². The smallest absolute Gasteiger partial charge is 0.147 e. The molecule has 2 nitrogen and oxygen atoms in total.